The molecule has 1 amide bonds. The highest BCUT2D eigenvalue weighted by Crippen LogP contribution is 2.32. The van der Waals surface area contributed by atoms with Crippen molar-refractivity contribution in [1.29, 1.82) is 0 Å². The summed E-state index contributed by atoms with van der Waals surface area (Å²) in [5.74, 6) is 2.10. The number of nitrogens with one attached hydrogen (secondary N) is 1. The molecule has 9 heteroatoms. The van der Waals surface area contributed by atoms with Gasteiger partial charge >= 0.3 is 0 Å². The number of hydrogen-bond donors (Lipinski definition) is 2. The van der Waals surface area contributed by atoms with Crippen LogP contribution < -0.4 is 11.1 Å². The first-order chi connectivity index (χ1) is 18.9. The van der Waals surface area contributed by atoms with E-state index >= 15 is 0 Å². The SMILES string of the molecule is CCCN(CCC1CCC(NC(=O)c2ccc(-c3noc(C(C)C)n3)cc2)CC1)[C@H]1CCc2nc(N)sc2C1. The molecule has 39 heavy (non-hydrogen) atoms. The second kappa shape index (κ2) is 12.6. The first-order valence-electron chi connectivity index (χ1n) is 14.6. The molecule has 5 rings (SSSR count). The zero-order valence-corrected chi connectivity index (χ0v) is 24.3. The van der Waals surface area contributed by atoms with Crippen LogP contribution in [0.4, 0.5) is 5.13 Å². The number of nitrogen functional groups attached to an aromatic ring is 1. The fraction of sp³-hybridized carbons (Fsp3) is 0.600. The molecule has 0 spiro atoms. The fourth-order valence-electron chi connectivity index (χ4n) is 6.02. The maximum absolute atomic E-state index is 12.9. The Kier molecular flexibility index (Phi) is 8.97. The van der Waals surface area contributed by atoms with Gasteiger partial charge in [0.1, 0.15) is 0 Å². The number of nitrogens with two attached hydrogens (primary N) is 1. The van der Waals surface area contributed by atoms with E-state index < -0.39 is 0 Å². The van der Waals surface area contributed by atoms with Crippen LogP contribution >= 0.6 is 11.3 Å². The summed E-state index contributed by atoms with van der Waals surface area (Å²) in [7, 11) is 0. The predicted molar refractivity (Wildman–Crippen MR) is 156 cm³/mol. The van der Waals surface area contributed by atoms with Gasteiger partial charge in [-0.2, -0.15) is 4.98 Å². The van der Waals surface area contributed by atoms with E-state index in [2.05, 4.69) is 32.3 Å². The maximum atomic E-state index is 12.9. The standard InChI is InChI=1S/C30H42N6O2S/c1-4-16-36(24-13-14-25-26(18-24)39-30(31)33-25)17-15-20-5-11-23(12-6-20)32-28(37)22-9-7-21(8-10-22)27-34-29(19(2)3)38-35-27/h7-10,19-20,23-24H,4-6,11-18H2,1-3H3,(H2,31,33)(H,32,37)/t20?,23?,24-/m0/s1. The van der Waals surface area contributed by atoms with Gasteiger partial charge < -0.3 is 20.5 Å². The molecule has 1 saturated carbocycles. The molecule has 0 saturated heterocycles. The Morgan fingerprint density at radius 1 is 1.13 bits per heavy atom. The zero-order chi connectivity index (χ0) is 27.4. The van der Waals surface area contributed by atoms with Crippen molar-refractivity contribution in [3.8, 4) is 11.4 Å². The molecule has 8 nitrogen and oxygen atoms in total. The number of amides is 1. The van der Waals surface area contributed by atoms with Crippen LogP contribution in [0.25, 0.3) is 11.4 Å². The fourth-order valence-corrected chi connectivity index (χ4v) is 6.97. The summed E-state index contributed by atoms with van der Waals surface area (Å²) in [5.41, 5.74) is 8.72. The van der Waals surface area contributed by atoms with Crippen molar-refractivity contribution in [2.24, 2.45) is 5.92 Å². The molecule has 3 N–H and O–H groups in total. The number of carbonyl (C=O) groups excluding carboxylic acids is 1. The molecule has 2 heterocycles. The minimum Gasteiger partial charge on any atom is -0.375 e. The molecule has 0 unspecified atom stereocenters. The van der Waals surface area contributed by atoms with E-state index in [1.165, 1.54) is 42.7 Å². The number of thiazole rings is 1. The lowest BCUT2D eigenvalue weighted by molar-refractivity contribution is 0.0918. The molecule has 1 atom stereocenters. The van der Waals surface area contributed by atoms with Gasteiger partial charge in [-0.3, -0.25) is 4.79 Å². The molecular formula is C30H42N6O2S. The molecule has 2 aliphatic rings. The third-order valence-corrected chi connectivity index (χ3v) is 9.25. The molecule has 0 radical (unpaired) electrons. The van der Waals surface area contributed by atoms with Gasteiger partial charge in [0.2, 0.25) is 11.7 Å². The van der Waals surface area contributed by atoms with E-state index in [0.717, 1.165) is 50.3 Å². The summed E-state index contributed by atoms with van der Waals surface area (Å²) in [4.78, 5) is 26.0. The molecule has 1 fully saturated rings. The highest BCUT2D eigenvalue weighted by Gasteiger charge is 2.28. The highest BCUT2D eigenvalue weighted by atomic mass is 32.1. The average molecular weight is 551 g/mol. The van der Waals surface area contributed by atoms with Crippen LogP contribution in [0.15, 0.2) is 28.8 Å². The number of aryl methyl sites for hydroxylation is 1. The van der Waals surface area contributed by atoms with Crippen molar-refractivity contribution in [1.82, 2.24) is 25.3 Å². The molecule has 0 bridgehead atoms. The highest BCUT2D eigenvalue weighted by molar-refractivity contribution is 7.15. The van der Waals surface area contributed by atoms with Crippen LogP contribution in [0.5, 0.6) is 0 Å². The third kappa shape index (κ3) is 6.87. The molecule has 3 aromatic rings. The Balaban J connectivity index is 1.07. The number of benzene rings is 1. The molecular weight excluding hydrogens is 508 g/mol. The van der Waals surface area contributed by atoms with Gasteiger partial charge in [-0.25, -0.2) is 4.98 Å². The summed E-state index contributed by atoms with van der Waals surface area (Å²) in [5, 5.41) is 8.04. The van der Waals surface area contributed by atoms with E-state index in [1.54, 1.807) is 11.3 Å². The number of hydrogen-bond acceptors (Lipinski definition) is 8. The summed E-state index contributed by atoms with van der Waals surface area (Å²) in [6.45, 7) is 8.64. The Hall–Kier alpha value is -2.78. The van der Waals surface area contributed by atoms with Crippen LogP contribution in [-0.2, 0) is 12.8 Å². The number of rotatable bonds is 10. The lowest BCUT2D eigenvalue weighted by Crippen LogP contribution is -2.41. The van der Waals surface area contributed by atoms with Gasteiger partial charge in [0.15, 0.2) is 5.13 Å². The summed E-state index contributed by atoms with van der Waals surface area (Å²) in [6.07, 6.45) is 10.2. The number of fused-ring (bicyclic) bond motifs is 1. The predicted octanol–water partition coefficient (Wildman–Crippen LogP) is 5.85. The van der Waals surface area contributed by atoms with Gasteiger partial charge in [0.25, 0.3) is 5.91 Å². The smallest absolute Gasteiger partial charge is 0.251 e. The van der Waals surface area contributed by atoms with Crippen molar-refractivity contribution >= 4 is 22.4 Å². The van der Waals surface area contributed by atoms with Gasteiger partial charge in [0.05, 0.1) is 5.69 Å². The van der Waals surface area contributed by atoms with Crippen LogP contribution in [0.3, 0.4) is 0 Å². The number of carbonyl (C=O) groups is 1. The Morgan fingerprint density at radius 3 is 2.59 bits per heavy atom. The summed E-state index contributed by atoms with van der Waals surface area (Å²) >= 11 is 1.68. The minimum absolute atomic E-state index is 0.00419. The van der Waals surface area contributed by atoms with Crippen molar-refractivity contribution in [3.05, 3.63) is 46.3 Å². The van der Waals surface area contributed by atoms with Gasteiger partial charge in [0, 0.05) is 34.0 Å². The lowest BCUT2D eigenvalue weighted by atomic mass is 9.83. The van der Waals surface area contributed by atoms with Crippen LogP contribution in [-0.4, -0.2) is 51.1 Å². The zero-order valence-electron chi connectivity index (χ0n) is 23.5. The van der Waals surface area contributed by atoms with Crippen LogP contribution in [0, 0.1) is 5.92 Å². The second-order valence-electron chi connectivity index (χ2n) is 11.5. The van der Waals surface area contributed by atoms with E-state index in [0.29, 0.717) is 28.5 Å². The van der Waals surface area contributed by atoms with Crippen molar-refractivity contribution in [2.75, 3.05) is 18.8 Å². The van der Waals surface area contributed by atoms with Crippen LogP contribution in [0.1, 0.15) is 98.5 Å². The molecule has 1 aromatic carbocycles. The Morgan fingerprint density at radius 2 is 1.90 bits per heavy atom. The van der Waals surface area contributed by atoms with Gasteiger partial charge in [-0.1, -0.05) is 38.1 Å². The minimum atomic E-state index is -0.00419. The topological polar surface area (TPSA) is 110 Å². The van der Waals surface area contributed by atoms with E-state index in [1.807, 2.05) is 38.1 Å². The lowest BCUT2D eigenvalue weighted by Gasteiger charge is -2.36. The van der Waals surface area contributed by atoms with Gasteiger partial charge in [-0.05, 0) is 88.9 Å². The Bertz CT molecular complexity index is 1230. The quantitative estimate of drug-likeness (QED) is 0.326. The Labute approximate surface area is 235 Å². The summed E-state index contributed by atoms with van der Waals surface area (Å²) < 4.78 is 5.30. The first-order valence-corrected chi connectivity index (χ1v) is 15.4. The summed E-state index contributed by atoms with van der Waals surface area (Å²) in [6, 6.07) is 8.33. The first kappa shape index (κ1) is 27.8. The maximum Gasteiger partial charge on any atom is 0.251 e. The second-order valence-corrected chi connectivity index (χ2v) is 12.6. The van der Waals surface area contributed by atoms with E-state index in [9.17, 15) is 4.79 Å². The third-order valence-electron chi connectivity index (χ3n) is 8.30. The molecule has 0 aliphatic heterocycles. The van der Waals surface area contributed by atoms with Crippen LogP contribution in [0.2, 0.25) is 0 Å². The van der Waals surface area contributed by atoms with Gasteiger partial charge in [-0.15, -0.1) is 11.3 Å². The average Bonchev–Trinajstić information content (AvgIpc) is 3.58. The number of nitrogens with zero attached hydrogens (tertiary/aromatic N) is 4. The normalized spacial score (nSPS) is 21.3. The van der Waals surface area contributed by atoms with Crippen molar-refractivity contribution in [2.45, 2.75) is 96.6 Å². The number of anilines is 1. The van der Waals surface area contributed by atoms with Crippen molar-refractivity contribution in [3.63, 3.8) is 0 Å². The van der Waals surface area contributed by atoms with E-state index in [4.69, 9.17) is 10.3 Å². The van der Waals surface area contributed by atoms with Crippen molar-refractivity contribution < 1.29 is 9.32 Å². The van der Waals surface area contributed by atoms with E-state index in [-0.39, 0.29) is 17.9 Å². The largest absolute Gasteiger partial charge is 0.375 e. The monoisotopic (exact) mass is 550 g/mol. The molecule has 2 aliphatic carbocycles. The number of aromatic nitrogens is 3. The molecule has 210 valence electrons. The molecule has 2 aromatic heterocycles.